The summed E-state index contributed by atoms with van der Waals surface area (Å²) < 4.78 is 80.0. The first-order chi connectivity index (χ1) is 16.4. The number of rotatable bonds is 5. The Balaban J connectivity index is 1.85. The van der Waals surface area contributed by atoms with Crippen LogP contribution in [0.2, 0.25) is 5.02 Å². The predicted molar refractivity (Wildman–Crippen MR) is 112 cm³/mol. The third kappa shape index (κ3) is 5.13. The summed E-state index contributed by atoms with van der Waals surface area (Å²) in [6.07, 6.45) is -11.3. The minimum atomic E-state index is -5.24. The molecule has 3 aromatic rings. The molecule has 0 radical (unpaired) electrons. The molecule has 0 fully saturated rings. The van der Waals surface area contributed by atoms with E-state index in [4.69, 9.17) is 16.9 Å². The average Bonchev–Trinajstić information content (AvgIpc) is 3.14. The number of aliphatic hydroxyl groups excluding tert-OH is 1. The number of H-pyrrole nitrogens is 1. The summed E-state index contributed by atoms with van der Waals surface area (Å²) in [5.74, 6) is -4.74. The Hall–Kier alpha value is -3.11. The third-order valence-electron chi connectivity index (χ3n) is 5.69. The topological polar surface area (TPSA) is 102 Å². The molecule has 4 rings (SSSR count). The van der Waals surface area contributed by atoms with Gasteiger partial charge in [-0.15, -0.1) is 0 Å². The van der Waals surface area contributed by atoms with E-state index in [1.54, 1.807) is 18.2 Å². The molecule has 0 amide bonds. The van der Waals surface area contributed by atoms with Gasteiger partial charge in [0.05, 0.1) is 18.2 Å². The molecule has 0 saturated carbocycles. The van der Waals surface area contributed by atoms with Crippen LogP contribution in [-0.2, 0) is 18.8 Å². The van der Waals surface area contributed by atoms with Crippen molar-refractivity contribution in [2.75, 3.05) is 11.4 Å². The standard InChI is InChI=1S/C21H17ClF6N6O/c22-10-3-4-14-13(8-10)12-5-7-34(15(16(12)30-14)9-11(35)2-1-6-29)19-32-17(20(23,24)25)31-18(33-19)21(26,27)28/h3-4,8,11,15,30,35H,1-2,5,7,9H2/t11-,15-/m1/s1. The zero-order chi connectivity index (χ0) is 25.5. The molecule has 0 saturated heterocycles. The van der Waals surface area contributed by atoms with Crippen molar-refractivity contribution in [2.24, 2.45) is 0 Å². The van der Waals surface area contributed by atoms with E-state index in [-0.39, 0.29) is 32.2 Å². The lowest BCUT2D eigenvalue weighted by Crippen LogP contribution is -2.39. The second-order valence-electron chi connectivity index (χ2n) is 8.03. The van der Waals surface area contributed by atoms with Crippen LogP contribution in [0.15, 0.2) is 18.2 Å². The first-order valence-electron chi connectivity index (χ1n) is 10.4. The van der Waals surface area contributed by atoms with Crippen LogP contribution in [0.4, 0.5) is 32.3 Å². The highest BCUT2D eigenvalue weighted by atomic mass is 35.5. The van der Waals surface area contributed by atoms with Gasteiger partial charge in [0.25, 0.3) is 0 Å². The molecule has 14 heteroatoms. The molecule has 186 valence electrons. The summed E-state index contributed by atoms with van der Waals surface area (Å²) in [5.41, 5.74) is 1.94. The zero-order valence-corrected chi connectivity index (χ0v) is 18.5. The number of nitrogens with zero attached hydrogens (tertiary/aromatic N) is 5. The maximum absolute atomic E-state index is 13.3. The lowest BCUT2D eigenvalue weighted by atomic mass is 9.93. The van der Waals surface area contributed by atoms with Crippen molar-refractivity contribution in [2.45, 2.75) is 50.2 Å². The van der Waals surface area contributed by atoms with E-state index in [0.717, 1.165) is 10.9 Å². The fraction of sp³-hybridized carbons (Fsp3) is 0.429. The number of anilines is 1. The second kappa shape index (κ2) is 9.16. The predicted octanol–water partition coefficient (Wildman–Crippen LogP) is 5.20. The Morgan fingerprint density at radius 2 is 1.80 bits per heavy atom. The summed E-state index contributed by atoms with van der Waals surface area (Å²) in [4.78, 5) is 13.6. The Morgan fingerprint density at radius 1 is 1.14 bits per heavy atom. The highest BCUT2D eigenvalue weighted by Crippen LogP contribution is 2.41. The number of nitrogens with one attached hydrogen (secondary N) is 1. The number of alkyl halides is 6. The van der Waals surface area contributed by atoms with E-state index < -0.39 is 42.1 Å². The third-order valence-corrected chi connectivity index (χ3v) is 5.92. The van der Waals surface area contributed by atoms with Crippen molar-refractivity contribution in [3.05, 3.63) is 46.1 Å². The first kappa shape index (κ1) is 25.0. The minimum Gasteiger partial charge on any atom is -0.393 e. The number of nitriles is 1. The van der Waals surface area contributed by atoms with Crippen molar-refractivity contribution in [3.63, 3.8) is 0 Å². The molecule has 0 aliphatic carbocycles. The number of aromatic amines is 1. The van der Waals surface area contributed by atoms with Crippen molar-refractivity contribution in [1.29, 1.82) is 5.26 Å². The molecule has 0 bridgehead atoms. The Bertz CT molecular complexity index is 1250. The molecular weight excluding hydrogens is 502 g/mol. The van der Waals surface area contributed by atoms with Gasteiger partial charge in [-0.25, -0.2) is 4.98 Å². The largest absolute Gasteiger partial charge is 0.451 e. The fourth-order valence-electron chi connectivity index (χ4n) is 4.18. The van der Waals surface area contributed by atoms with E-state index in [1.165, 1.54) is 4.90 Å². The van der Waals surface area contributed by atoms with Gasteiger partial charge < -0.3 is 15.0 Å². The second-order valence-corrected chi connectivity index (χ2v) is 8.47. The van der Waals surface area contributed by atoms with Crippen LogP contribution in [0.25, 0.3) is 10.9 Å². The maximum atomic E-state index is 13.3. The van der Waals surface area contributed by atoms with Crippen LogP contribution < -0.4 is 4.90 Å². The zero-order valence-electron chi connectivity index (χ0n) is 17.8. The first-order valence-corrected chi connectivity index (χ1v) is 10.8. The van der Waals surface area contributed by atoms with Gasteiger partial charge in [-0.2, -0.15) is 41.6 Å². The van der Waals surface area contributed by atoms with Crippen molar-refractivity contribution >= 4 is 28.5 Å². The number of hydrogen-bond acceptors (Lipinski definition) is 6. The minimum absolute atomic E-state index is 0.0191. The van der Waals surface area contributed by atoms with Gasteiger partial charge in [0, 0.05) is 34.6 Å². The highest BCUT2D eigenvalue weighted by Gasteiger charge is 2.43. The van der Waals surface area contributed by atoms with Gasteiger partial charge in [0.2, 0.25) is 17.6 Å². The molecule has 35 heavy (non-hydrogen) atoms. The van der Waals surface area contributed by atoms with Crippen LogP contribution in [0.5, 0.6) is 0 Å². The highest BCUT2D eigenvalue weighted by molar-refractivity contribution is 6.31. The molecule has 1 aliphatic rings. The summed E-state index contributed by atoms with van der Waals surface area (Å²) in [6.45, 7) is -0.0271. The molecular formula is C21H17ClF6N6O. The number of aliphatic hydroxyl groups is 1. The quantitative estimate of drug-likeness (QED) is 0.450. The lowest BCUT2D eigenvalue weighted by molar-refractivity contribution is -0.155. The van der Waals surface area contributed by atoms with Crippen LogP contribution in [0.3, 0.4) is 0 Å². The fourth-order valence-corrected chi connectivity index (χ4v) is 4.35. The number of halogens is 7. The summed E-state index contributed by atoms with van der Waals surface area (Å²) in [6, 6.07) is 6.04. The molecule has 2 N–H and O–H groups in total. The maximum Gasteiger partial charge on any atom is 0.451 e. The normalized spacial score (nSPS) is 17.3. The lowest BCUT2D eigenvalue weighted by Gasteiger charge is -2.37. The number of fused-ring (bicyclic) bond motifs is 3. The van der Waals surface area contributed by atoms with E-state index >= 15 is 0 Å². The van der Waals surface area contributed by atoms with Gasteiger partial charge in [-0.3, -0.25) is 0 Å². The van der Waals surface area contributed by atoms with Crippen LogP contribution in [-0.4, -0.2) is 37.7 Å². The molecule has 0 unspecified atom stereocenters. The average molecular weight is 519 g/mol. The molecule has 2 atom stereocenters. The summed E-state index contributed by atoms with van der Waals surface area (Å²) in [5, 5.41) is 20.5. The van der Waals surface area contributed by atoms with Crippen LogP contribution >= 0.6 is 11.6 Å². The molecule has 0 spiro atoms. The van der Waals surface area contributed by atoms with Gasteiger partial charge in [0.1, 0.15) is 0 Å². The molecule has 1 aromatic carbocycles. The Labute approximate surface area is 199 Å². The van der Waals surface area contributed by atoms with Gasteiger partial charge in [-0.1, -0.05) is 11.6 Å². The summed E-state index contributed by atoms with van der Waals surface area (Å²) >= 11 is 6.11. The molecule has 3 heterocycles. The molecule has 7 nitrogen and oxygen atoms in total. The molecule has 2 aromatic heterocycles. The molecule has 1 aliphatic heterocycles. The van der Waals surface area contributed by atoms with E-state index in [2.05, 4.69) is 19.9 Å². The summed E-state index contributed by atoms with van der Waals surface area (Å²) in [7, 11) is 0. The number of benzene rings is 1. The van der Waals surface area contributed by atoms with Gasteiger partial charge >= 0.3 is 12.4 Å². The number of aromatic nitrogens is 4. The Kier molecular flexibility index (Phi) is 6.54. The van der Waals surface area contributed by atoms with Crippen molar-refractivity contribution in [1.82, 2.24) is 19.9 Å². The van der Waals surface area contributed by atoms with Crippen molar-refractivity contribution < 1.29 is 31.4 Å². The van der Waals surface area contributed by atoms with E-state index in [1.807, 2.05) is 6.07 Å². The van der Waals surface area contributed by atoms with Crippen LogP contribution in [0.1, 0.15) is 48.2 Å². The van der Waals surface area contributed by atoms with E-state index in [0.29, 0.717) is 16.2 Å². The van der Waals surface area contributed by atoms with Crippen molar-refractivity contribution in [3.8, 4) is 6.07 Å². The Morgan fingerprint density at radius 3 is 2.40 bits per heavy atom. The smallest absolute Gasteiger partial charge is 0.393 e. The van der Waals surface area contributed by atoms with E-state index in [9.17, 15) is 31.4 Å². The monoisotopic (exact) mass is 518 g/mol. The SMILES string of the molecule is N#CCC[C@@H](O)C[C@@H]1c2[nH]c3ccc(Cl)cc3c2CCN1c1nc(C(F)(F)F)nc(C(F)(F)F)n1. The number of hydrogen-bond donors (Lipinski definition) is 2. The van der Waals surface area contributed by atoms with Gasteiger partial charge in [0.15, 0.2) is 0 Å². The van der Waals surface area contributed by atoms with Gasteiger partial charge in [-0.05, 0) is 43.0 Å². The van der Waals surface area contributed by atoms with Crippen LogP contribution in [0, 0.1) is 11.3 Å².